The number of fused-ring (bicyclic) bond motifs is 5. The molecule has 0 aliphatic carbocycles. The molecule has 0 unspecified atom stereocenters. The molecule has 0 spiro atoms. The number of aromatic hydroxyl groups is 1. The van der Waals surface area contributed by atoms with Crippen molar-refractivity contribution in [2.45, 2.75) is 78.6 Å². The van der Waals surface area contributed by atoms with E-state index in [-0.39, 0.29) is 22.0 Å². The fourth-order valence-corrected chi connectivity index (χ4v) is 10.5. The van der Waals surface area contributed by atoms with E-state index in [0.717, 1.165) is 61.4 Å². The lowest BCUT2D eigenvalue weighted by Crippen LogP contribution is -2.14. The first-order chi connectivity index (χ1) is 33.4. The minimum absolute atomic E-state index is 0.0349. The molecular weight excluding hydrogens is 853 g/mol. The zero-order valence-electron chi connectivity index (χ0n) is 42.0. The van der Waals surface area contributed by atoms with E-state index in [1.54, 1.807) is 0 Å². The van der Waals surface area contributed by atoms with Gasteiger partial charge in [0, 0.05) is 46.4 Å². The molecule has 0 fully saturated rings. The molecule has 5 nitrogen and oxygen atoms in total. The molecule has 5 heteroatoms. The molecule has 3 aromatic heterocycles. The zero-order valence-corrected chi connectivity index (χ0v) is 42.0. The van der Waals surface area contributed by atoms with E-state index in [2.05, 4.69) is 229 Å². The number of aryl methyl sites for hydroxylation is 1. The van der Waals surface area contributed by atoms with Crippen LogP contribution in [0.1, 0.15) is 79.0 Å². The lowest BCUT2D eigenvalue weighted by Gasteiger charge is -2.26. The summed E-state index contributed by atoms with van der Waals surface area (Å²) < 4.78 is 4.50. The van der Waals surface area contributed by atoms with Crippen molar-refractivity contribution in [3.63, 3.8) is 0 Å². The van der Waals surface area contributed by atoms with Gasteiger partial charge in [0.25, 0.3) is 0 Å². The number of rotatable bonds is 6. The lowest BCUT2D eigenvalue weighted by atomic mass is 9.78. The number of phenolic OH excluding ortho intramolecular Hbond substituents is 1. The lowest BCUT2D eigenvalue weighted by molar-refractivity contribution is 0.477. The van der Waals surface area contributed by atoms with E-state index in [1.165, 1.54) is 49.3 Å². The second-order valence-electron chi connectivity index (χ2n) is 22.2. The van der Waals surface area contributed by atoms with Crippen LogP contribution in [0.3, 0.4) is 0 Å². The van der Waals surface area contributed by atoms with Crippen molar-refractivity contribution >= 4 is 43.6 Å². The minimum atomic E-state index is -0.146. The van der Waals surface area contributed by atoms with Gasteiger partial charge in [0.1, 0.15) is 11.6 Å². The van der Waals surface area contributed by atoms with Crippen LogP contribution in [0, 0.1) is 0 Å². The molecule has 0 bridgehead atoms. The number of aromatic nitrogens is 4. The SMILES string of the molecule is Cn1c(-c2ccc(-c3c(C(C)(C)C)ccc4cc(C(C)(C)C)ccc34)cc2O)nc2c(-c3cc(-c4cc(-c5cccc6c7ccccc7n(-c7ccccc7)c56)ccn4)cc(C(C)(C)C)c3)cccc21. The van der Waals surface area contributed by atoms with Crippen LogP contribution in [0.25, 0.3) is 105 Å². The monoisotopic (exact) mass is 912 g/mol. The molecular formula is C65H60N4O. The van der Waals surface area contributed by atoms with Gasteiger partial charge in [-0.05, 0) is 127 Å². The molecule has 11 rings (SSSR count). The topological polar surface area (TPSA) is 55.9 Å². The summed E-state index contributed by atoms with van der Waals surface area (Å²) in [5.41, 5.74) is 18.0. The first-order valence-electron chi connectivity index (χ1n) is 24.5. The van der Waals surface area contributed by atoms with E-state index < -0.39 is 0 Å². The summed E-state index contributed by atoms with van der Waals surface area (Å²) >= 11 is 0. The molecule has 0 aliphatic rings. The van der Waals surface area contributed by atoms with Gasteiger partial charge in [0.15, 0.2) is 0 Å². The predicted molar refractivity (Wildman–Crippen MR) is 295 cm³/mol. The number of para-hydroxylation sites is 4. The number of benzene rings is 8. The predicted octanol–water partition coefficient (Wildman–Crippen LogP) is 17.2. The fraction of sp³-hybridized carbons (Fsp3) is 0.200. The maximum absolute atomic E-state index is 12.1. The highest BCUT2D eigenvalue weighted by molar-refractivity contribution is 6.14. The Morgan fingerprint density at radius 1 is 0.471 bits per heavy atom. The van der Waals surface area contributed by atoms with E-state index in [1.807, 2.05) is 25.4 Å². The van der Waals surface area contributed by atoms with Crippen molar-refractivity contribution in [1.82, 2.24) is 19.1 Å². The highest BCUT2D eigenvalue weighted by Crippen LogP contribution is 2.45. The third kappa shape index (κ3) is 7.65. The van der Waals surface area contributed by atoms with Gasteiger partial charge in [-0.3, -0.25) is 4.98 Å². The van der Waals surface area contributed by atoms with Gasteiger partial charge in [0.05, 0.1) is 33.3 Å². The molecule has 70 heavy (non-hydrogen) atoms. The average Bonchev–Trinajstić information content (AvgIpc) is 3.87. The van der Waals surface area contributed by atoms with Gasteiger partial charge >= 0.3 is 0 Å². The van der Waals surface area contributed by atoms with Gasteiger partial charge in [-0.25, -0.2) is 4.98 Å². The first-order valence-corrected chi connectivity index (χ1v) is 24.5. The molecule has 0 aliphatic heterocycles. The summed E-state index contributed by atoms with van der Waals surface area (Å²) in [4.78, 5) is 10.4. The van der Waals surface area contributed by atoms with Gasteiger partial charge in [0.2, 0.25) is 0 Å². The number of pyridine rings is 1. The summed E-state index contributed by atoms with van der Waals surface area (Å²) in [5.74, 6) is 0.905. The second kappa shape index (κ2) is 16.4. The second-order valence-corrected chi connectivity index (χ2v) is 22.2. The third-order valence-corrected chi connectivity index (χ3v) is 14.3. The number of phenols is 1. The van der Waals surface area contributed by atoms with Crippen LogP contribution in [0.2, 0.25) is 0 Å². The van der Waals surface area contributed by atoms with Crippen LogP contribution >= 0.6 is 0 Å². The summed E-state index contributed by atoms with van der Waals surface area (Å²) in [6.45, 7) is 20.3. The summed E-state index contributed by atoms with van der Waals surface area (Å²) in [5, 5.41) is 16.9. The Morgan fingerprint density at radius 2 is 1.17 bits per heavy atom. The standard InChI is InChI=1S/C65H60N4O/c1-63(2,3)45-28-30-48-40(35-45)27-31-54(65(7,8)9)59(48)42-26-29-53(58(70)39-42)62-67-60-49(21-17-25-57(60)68(62)10)43-34-44(37-46(36-43)64(4,5)6)55-38-41(32-33-66-55)50-22-16-23-52-51-20-14-15-24-56(51)69(61(50)52)47-18-12-11-13-19-47/h11-39,70H,1-10H3. The normalized spacial score (nSPS) is 12.5. The van der Waals surface area contributed by atoms with Gasteiger partial charge in [-0.1, -0.05) is 172 Å². The minimum Gasteiger partial charge on any atom is -0.507 e. The van der Waals surface area contributed by atoms with Crippen LogP contribution in [0.15, 0.2) is 176 Å². The first kappa shape index (κ1) is 44.7. The summed E-state index contributed by atoms with van der Waals surface area (Å²) in [6, 6.07) is 61.1. The van der Waals surface area contributed by atoms with Crippen molar-refractivity contribution < 1.29 is 5.11 Å². The molecule has 1 N–H and O–H groups in total. The molecule has 0 radical (unpaired) electrons. The average molecular weight is 913 g/mol. The fourth-order valence-electron chi connectivity index (χ4n) is 10.5. The van der Waals surface area contributed by atoms with Crippen molar-refractivity contribution in [3.05, 3.63) is 193 Å². The van der Waals surface area contributed by atoms with Crippen LogP contribution in [-0.4, -0.2) is 24.2 Å². The van der Waals surface area contributed by atoms with Crippen molar-refractivity contribution in [2.75, 3.05) is 0 Å². The van der Waals surface area contributed by atoms with Gasteiger partial charge < -0.3 is 14.2 Å². The molecule has 3 heterocycles. The van der Waals surface area contributed by atoms with Crippen LogP contribution in [0.5, 0.6) is 5.75 Å². The zero-order chi connectivity index (χ0) is 48.9. The molecule has 11 aromatic rings. The highest BCUT2D eigenvalue weighted by Gasteiger charge is 2.25. The highest BCUT2D eigenvalue weighted by atomic mass is 16.3. The van der Waals surface area contributed by atoms with Gasteiger partial charge in [-0.15, -0.1) is 0 Å². The molecule has 0 saturated carbocycles. The Bertz CT molecular complexity index is 3850. The number of nitrogens with zero attached hydrogens (tertiary/aromatic N) is 4. The van der Waals surface area contributed by atoms with Crippen molar-refractivity contribution in [3.8, 4) is 67.5 Å². The molecule has 8 aromatic carbocycles. The number of hydrogen-bond acceptors (Lipinski definition) is 3. The summed E-state index contributed by atoms with van der Waals surface area (Å²) in [7, 11) is 2.04. The van der Waals surface area contributed by atoms with Crippen molar-refractivity contribution in [2.24, 2.45) is 7.05 Å². The molecule has 346 valence electrons. The van der Waals surface area contributed by atoms with Crippen molar-refractivity contribution in [1.29, 1.82) is 0 Å². The summed E-state index contributed by atoms with van der Waals surface area (Å²) in [6.07, 6.45) is 1.94. The number of imidazole rings is 1. The third-order valence-electron chi connectivity index (χ3n) is 14.3. The maximum Gasteiger partial charge on any atom is 0.144 e. The van der Waals surface area contributed by atoms with E-state index in [4.69, 9.17) is 9.97 Å². The Balaban J connectivity index is 1.02. The number of hydrogen-bond donors (Lipinski definition) is 1. The van der Waals surface area contributed by atoms with Gasteiger partial charge in [-0.2, -0.15) is 0 Å². The largest absolute Gasteiger partial charge is 0.507 e. The van der Waals surface area contributed by atoms with E-state index in [0.29, 0.717) is 11.4 Å². The van der Waals surface area contributed by atoms with Crippen LogP contribution in [0.4, 0.5) is 0 Å². The van der Waals surface area contributed by atoms with Crippen LogP contribution in [-0.2, 0) is 23.3 Å². The van der Waals surface area contributed by atoms with E-state index >= 15 is 0 Å². The maximum atomic E-state index is 12.1. The Kier molecular flexibility index (Phi) is 10.5. The van der Waals surface area contributed by atoms with Crippen LogP contribution < -0.4 is 0 Å². The Hall–Kier alpha value is -7.76. The Labute approximate surface area is 411 Å². The quantitative estimate of drug-likeness (QED) is 0.181. The van der Waals surface area contributed by atoms with E-state index in [9.17, 15) is 5.11 Å². The molecule has 0 amide bonds. The molecule has 0 atom stereocenters. The molecule has 0 saturated heterocycles. The smallest absolute Gasteiger partial charge is 0.144 e. The Morgan fingerprint density at radius 3 is 1.93 bits per heavy atom.